The molecule has 0 aliphatic carbocycles. The van der Waals surface area contributed by atoms with Crippen molar-refractivity contribution in [3.63, 3.8) is 0 Å². The number of aryl methyl sites for hydroxylation is 1. The van der Waals surface area contributed by atoms with Crippen LogP contribution in [-0.4, -0.2) is 27.2 Å². The van der Waals surface area contributed by atoms with E-state index in [9.17, 15) is 4.79 Å². The number of imidazole rings is 1. The van der Waals surface area contributed by atoms with E-state index in [1.54, 1.807) is 12.5 Å². The summed E-state index contributed by atoms with van der Waals surface area (Å²) in [6, 6.07) is 14.8. The first-order valence-electron chi connectivity index (χ1n) is 8.77. The third kappa shape index (κ3) is 3.15. The Morgan fingerprint density at radius 3 is 2.85 bits per heavy atom. The highest BCUT2D eigenvalue weighted by atomic mass is 16.5. The smallest absolute Gasteiger partial charge is 0.293 e. The Balaban J connectivity index is 1.86. The summed E-state index contributed by atoms with van der Waals surface area (Å²) in [5.41, 5.74) is 4.33. The predicted octanol–water partition coefficient (Wildman–Crippen LogP) is 3.61. The van der Waals surface area contributed by atoms with Crippen LogP contribution in [0.25, 0.3) is 27.5 Å². The van der Waals surface area contributed by atoms with E-state index in [1.807, 2.05) is 10.8 Å². The van der Waals surface area contributed by atoms with E-state index in [0.29, 0.717) is 32.5 Å². The molecule has 27 heavy (non-hydrogen) atoms. The van der Waals surface area contributed by atoms with Crippen molar-refractivity contribution < 1.29 is 9.53 Å². The van der Waals surface area contributed by atoms with Crippen LogP contribution < -0.4 is 0 Å². The fourth-order valence-corrected chi connectivity index (χ4v) is 3.49. The largest absolute Gasteiger partial charge is 0.468 e. The lowest BCUT2D eigenvalue weighted by Gasteiger charge is -2.07. The van der Waals surface area contributed by atoms with Gasteiger partial charge in [-0.1, -0.05) is 12.1 Å². The van der Waals surface area contributed by atoms with Gasteiger partial charge < -0.3 is 13.9 Å². The predicted molar refractivity (Wildman–Crippen MR) is 103 cm³/mol. The van der Waals surface area contributed by atoms with E-state index in [-0.39, 0.29) is 0 Å². The van der Waals surface area contributed by atoms with Gasteiger partial charge in [-0.15, -0.1) is 0 Å². The van der Waals surface area contributed by atoms with Crippen LogP contribution in [0.15, 0.2) is 55.1 Å². The number of benzene rings is 2. The SMILES string of the molecule is N#CCCn1c2ccc(-n3ccnc3)cc2c2ccc(CCOC=O)cc21. The van der Waals surface area contributed by atoms with E-state index >= 15 is 0 Å². The number of nitrogens with zero attached hydrogens (tertiary/aromatic N) is 4. The van der Waals surface area contributed by atoms with Crippen molar-refractivity contribution in [1.29, 1.82) is 5.26 Å². The fourth-order valence-electron chi connectivity index (χ4n) is 3.49. The summed E-state index contributed by atoms with van der Waals surface area (Å²) in [6.07, 6.45) is 6.56. The molecule has 0 amide bonds. The van der Waals surface area contributed by atoms with Crippen LogP contribution in [0.4, 0.5) is 0 Å². The Hall–Kier alpha value is -3.59. The van der Waals surface area contributed by atoms with Gasteiger partial charge in [-0.2, -0.15) is 5.26 Å². The second-order valence-electron chi connectivity index (χ2n) is 6.30. The van der Waals surface area contributed by atoms with Crippen molar-refractivity contribution in [3.05, 3.63) is 60.7 Å². The number of carbonyl (C=O) groups excluding carboxylic acids is 1. The molecule has 6 nitrogen and oxygen atoms in total. The number of aromatic nitrogens is 3. The molecule has 0 aliphatic rings. The summed E-state index contributed by atoms with van der Waals surface area (Å²) in [4.78, 5) is 14.5. The Kier molecular flexibility index (Phi) is 4.58. The Morgan fingerprint density at radius 1 is 1.15 bits per heavy atom. The van der Waals surface area contributed by atoms with Crippen molar-refractivity contribution >= 4 is 28.3 Å². The molecule has 0 radical (unpaired) electrons. The lowest BCUT2D eigenvalue weighted by Crippen LogP contribution is -1.99. The molecule has 0 saturated carbocycles. The van der Waals surface area contributed by atoms with Crippen molar-refractivity contribution in [2.75, 3.05) is 6.61 Å². The molecule has 0 fully saturated rings. The highest BCUT2D eigenvalue weighted by Gasteiger charge is 2.12. The van der Waals surface area contributed by atoms with Crippen LogP contribution >= 0.6 is 0 Å². The van der Waals surface area contributed by atoms with Crippen LogP contribution in [-0.2, 0) is 22.5 Å². The van der Waals surface area contributed by atoms with Gasteiger partial charge >= 0.3 is 0 Å². The summed E-state index contributed by atoms with van der Waals surface area (Å²) >= 11 is 0. The number of carbonyl (C=O) groups is 1. The van der Waals surface area contributed by atoms with Gasteiger partial charge in [0.1, 0.15) is 0 Å². The zero-order chi connectivity index (χ0) is 18.6. The molecule has 6 heteroatoms. The molecule has 2 aromatic heterocycles. The number of hydrogen-bond donors (Lipinski definition) is 0. The highest BCUT2D eigenvalue weighted by molar-refractivity contribution is 6.08. The second kappa shape index (κ2) is 7.34. The number of ether oxygens (including phenoxy) is 1. The van der Waals surface area contributed by atoms with Crippen LogP contribution in [0.1, 0.15) is 12.0 Å². The van der Waals surface area contributed by atoms with Gasteiger partial charge in [0.25, 0.3) is 6.47 Å². The van der Waals surface area contributed by atoms with Crippen molar-refractivity contribution in [2.45, 2.75) is 19.4 Å². The second-order valence-corrected chi connectivity index (χ2v) is 6.30. The van der Waals surface area contributed by atoms with Crippen LogP contribution in [0.2, 0.25) is 0 Å². The summed E-state index contributed by atoms with van der Waals surface area (Å²) in [5, 5.41) is 11.3. The molecule has 0 unspecified atom stereocenters. The fraction of sp³-hybridized carbons (Fsp3) is 0.190. The molecule has 0 bridgehead atoms. The van der Waals surface area contributed by atoms with Gasteiger partial charge in [-0.3, -0.25) is 4.79 Å². The van der Waals surface area contributed by atoms with Crippen LogP contribution in [0.5, 0.6) is 0 Å². The number of fused-ring (bicyclic) bond motifs is 3. The number of rotatable bonds is 7. The van der Waals surface area contributed by atoms with Crippen LogP contribution in [0, 0.1) is 11.3 Å². The normalized spacial score (nSPS) is 10.9. The molecular weight excluding hydrogens is 340 g/mol. The lowest BCUT2D eigenvalue weighted by atomic mass is 10.1. The van der Waals surface area contributed by atoms with Crippen molar-refractivity contribution in [2.24, 2.45) is 0 Å². The first-order chi connectivity index (χ1) is 13.3. The highest BCUT2D eigenvalue weighted by Crippen LogP contribution is 2.31. The first-order valence-corrected chi connectivity index (χ1v) is 8.77. The monoisotopic (exact) mass is 358 g/mol. The molecule has 4 rings (SSSR count). The summed E-state index contributed by atoms with van der Waals surface area (Å²) in [5.74, 6) is 0. The Morgan fingerprint density at radius 2 is 2.07 bits per heavy atom. The van der Waals surface area contributed by atoms with E-state index in [1.165, 1.54) is 0 Å². The van der Waals surface area contributed by atoms with Gasteiger partial charge in [0.2, 0.25) is 0 Å². The molecule has 134 valence electrons. The molecule has 0 atom stereocenters. The third-order valence-corrected chi connectivity index (χ3v) is 4.74. The van der Waals surface area contributed by atoms with Gasteiger partial charge in [-0.05, 0) is 29.8 Å². The minimum Gasteiger partial charge on any atom is -0.468 e. The average Bonchev–Trinajstić information content (AvgIpc) is 3.33. The maximum Gasteiger partial charge on any atom is 0.293 e. The summed E-state index contributed by atoms with van der Waals surface area (Å²) in [7, 11) is 0. The molecule has 4 aromatic rings. The molecule has 0 N–H and O–H groups in total. The minimum absolute atomic E-state index is 0.359. The maximum absolute atomic E-state index is 10.4. The quantitative estimate of drug-likeness (QED) is 0.374. The van der Waals surface area contributed by atoms with Gasteiger partial charge in [0.15, 0.2) is 0 Å². The zero-order valence-corrected chi connectivity index (χ0v) is 14.7. The standard InChI is InChI=1S/C21H18N4O2/c22-7-1-9-25-20-5-3-17(24-10-8-23-14-24)13-19(20)18-4-2-16(12-21(18)25)6-11-27-15-26/h2-5,8,10,12-15H,1,6,9,11H2. The first kappa shape index (κ1) is 16.9. The molecule has 0 aliphatic heterocycles. The van der Waals surface area contributed by atoms with Crippen LogP contribution in [0.3, 0.4) is 0 Å². The maximum atomic E-state index is 10.4. The van der Waals surface area contributed by atoms with Gasteiger partial charge in [-0.25, -0.2) is 4.98 Å². The third-order valence-electron chi connectivity index (χ3n) is 4.74. The lowest BCUT2D eigenvalue weighted by molar-refractivity contribution is -0.128. The molecule has 0 spiro atoms. The minimum atomic E-state index is 0.359. The number of hydrogen-bond acceptors (Lipinski definition) is 4. The molecule has 2 aromatic carbocycles. The van der Waals surface area contributed by atoms with Gasteiger partial charge in [0, 0.05) is 52.9 Å². The van der Waals surface area contributed by atoms with E-state index in [2.05, 4.69) is 52.0 Å². The van der Waals surface area contributed by atoms with Gasteiger partial charge in [0.05, 0.1) is 25.4 Å². The van der Waals surface area contributed by atoms with E-state index in [0.717, 1.165) is 33.1 Å². The molecular formula is C21H18N4O2. The topological polar surface area (TPSA) is 72.8 Å². The average molecular weight is 358 g/mol. The molecule has 2 heterocycles. The summed E-state index contributed by atoms with van der Waals surface area (Å²) in [6.45, 7) is 1.47. The Labute approximate surface area is 156 Å². The summed E-state index contributed by atoms with van der Waals surface area (Å²) < 4.78 is 8.99. The zero-order valence-electron chi connectivity index (χ0n) is 14.7. The Bertz CT molecular complexity index is 1140. The number of nitriles is 1. The van der Waals surface area contributed by atoms with E-state index in [4.69, 9.17) is 10.00 Å². The van der Waals surface area contributed by atoms with Crippen molar-refractivity contribution in [1.82, 2.24) is 14.1 Å². The van der Waals surface area contributed by atoms with Crippen molar-refractivity contribution in [3.8, 4) is 11.8 Å². The van der Waals surface area contributed by atoms with E-state index < -0.39 is 0 Å². The molecule has 0 saturated heterocycles.